The zero-order valence-electron chi connectivity index (χ0n) is 14.5. The minimum atomic E-state index is -0.296. The number of rotatable bonds is 8. The molecule has 5 heteroatoms. The Morgan fingerprint density at radius 3 is 2.44 bits per heavy atom. The first kappa shape index (κ1) is 18.3. The number of benzene rings is 2. The van der Waals surface area contributed by atoms with Crippen LogP contribution in [0.2, 0.25) is 0 Å². The maximum atomic E-state index is 11.4. The molecular weight excluding hydrogens is 316 g/mol. The average molecular weight is 338 g/mol. The summed E-state index contributed by atoms with van der Waals surface area (Å²) in [7, 11) is 0. The van der Waals surface area contributed by atoms with Crippen molar-refractivity contribution in [2.24, 2.45) is 0 Å². The third-order valence-corrected chi connectivity index (χ3v) is 3.68. The molecule has 0 saturated carbocycles. The van der Waals surface area contributed by atoms with Crippen LogP contribution in [-0.4, -0.2) is 19.1 Å². The molecule has 1 amide bonds. The molecule has 0 atom stereocenters. The number of amides is 1. The van der Waals surface area contributed by atoms with Crippen LogP contribution in [0.1, 0.15) is 23.1 Å². The van der Waals surface area contributed by atoms with Gasteiger partial charge in [-0.05, 0) is 31.0 Å². The highest BCUT2D eigenvalue weighted by Crippen LogP contribution is 2.22. The third-order valence-electron chi connectivity index (χ3n) is 3.68. The van der Waals surface area contributed by atoms with E-state index in [2.05, 4.69) is 5.32 Å². The van der Waals surface area contributed by atoms with Crippen LogP contribution in [0.4, 0.5) is 0 Å². The van der Waals surface area contributed by atoms with Gasteiger partial charge in [0, 0.05) is 12.1 Å². The molecule has 0 bridgehead atoms. The highest BCUT2D eigenvalue weighted by molar-refractivity contribution is 5.78. The van der Waals surface area contributed by atoms with Crippen molar-refractivity contribution in [1.82, 2.24) is 5.32 Å². The largest absolute Gasteiger partial charge is 0.490 e. The van der Waals surface area contributed by atoms with Crippen molar-refractivity contribution < 1.29 is 14.3 Å². The molecule has 0 aliphatic carbocycles. The SMILES string of the molecule is Cc1cccc(C)c1OCCOc1ccccc1CNC(=O)CC#N. The Morgan fingerprint density at radius 2 is 1.72 bits per heavy atom. The molecule has 0 heterocycles. The number of nitriles is 1. The van der Waals surface area contributed by atoms with E-state index < -0.39 is 0 Å². The van der Waals surface area contributed by atoms with E-state index in [1.54, 1.807) is 0 Å². The van der Waals surface area contributed by atoms with Gasteiger partial charge in [-0.2, -0.15) is 5.26 Å². The lowest BCUT2D eigenvalue weighted by Gasteiger charge is -2.14. The van der Waals surface area contributed by atoms with E-state index in [1.165, 1.54) is 0 Å². The molecule has 1 N–H and O–H groups in total. The van der Waals surface area contributed by atoms with Crippen LogP contribution in [0.15, 0.2) is 42.5 Å². The lowest BCUT2D eigenvalue weighted by molar-refractivity contribution is -0.120. The third kappa shape index (κ3) is 5.54. The lowest BCUT2D eigenvalue weighted by atomic mass is 10.1. The van der Waals surface area contributed by atoms with E-state index in [0.717, 1.165) is 22.4 Å². The molecule has 0 fully saturated rings. The predicted molar refractivity (Wildman–Crippen MR) is 95.4 cm³/mol. The number of nitrogens with one attached hydrogen (secondary N) is 1. The van der Waals surface area contributed by atoms with Crippen LogP contribution in [0.3, 0.4) is 0 Å². The summed E-state index contributed by atoms with van der Waals surface area (Å²) >= 11 is 0. The molecule has 2 rings (SSSR count). The summed E-state index contributed by atoms with van der Waals surface area (Å²) in [4.78, 5) is 11.4. The Morgan fingerprint density at radius 1 is 1.04 bits per heavy atom. The van der Waals surface area contributed by atoms with Crippen molar-refractivity contribution in [2.75, 3.05) is 13.2 Å². The normalized spacial score (nSPS) is 9.96. The summed E-state index contributed by atoms with van der Waals surface area (Å²) in [6.07, 6.45) is -0.146. The molecule has 5 nitrogen and oxygen atoms in total. The Kier molecular flexibility index (Phi) is 6.85. The monoisotopic (exact) mass is 338 g/mol. The van der Waals surface area contributed by atoms with Gasteiger partial charge in [-0.25, -0.2) is 0 Å². The van der Waals surface area contributed by atoms with Gasteiger partial charge in [0.25, 0.3) is 0 Å². The maximum Gasteiger partial charge on any atom is 0.234 e. The van der Waals surface area contributed by atoms with Crippen LogP contribution < -0.4 is 14.8 Å². The molecule has 0 aromatic heterocycles. The second-order valence-corrected chi connectivity index (χ2v) is 5.64. The van der Waals surface area contributed by atoms with Crippen molar-refractivity contribution in [1.29, 1.82) is 5.26 Å². The van der Waals surface area contributed by atoms with E-state index >= 15 is 0 Å². The van der Waals surface area contributed by atoms with Gasteiger partial charge in [0.2, 0.25) is 5.91 Å². The average Bonchev–Trinajstić information content (AvgIpc) is 2.60. The Labute approximate surface area is 148 Å². The second kappa shape index (κ2) is 9.33. The fraction of sp³-hybridized carbons (Fsp3) is 0.300. The van der Waals surface area contributed by atoms with Crippen LogP contribution in [0.5, 0.6) is 11.5 Å². The number of ether oxygens (including phenoxy) is 2. The number of hydrogen-bond donors (Lipinski definition) is 1. The molecule has 0 saturated heterocycles. The van der Waals surface area contributed by atoms with Crippen LogP contribution in [-0.2, 0) is 11.3 Å². The van der Waals surface area contributed by atoms with E-state index in [0.29, 0.717) is 25.5 Å². The molecule has 0 aliphatic heterocycles. The molecule has 2 aromatic rings. The van der Waals surface area contributed by atoms with E-state index in [-0.39, 0.29) is 12.3 Å². The molecule has 0 radical (unpaired) electrons. The van der Waals surface area contributed by atoms with Crippen molar-refractivity contribution >= 4 is 5.91 Å². The summed E-state index contributed by atoms with van der Waals surface area (Å²) in [5.41, 5.74) is 3.06. The minimum Gasteiger partial charge on any atom is -0.490 e. The van der Waals surface area contributed by atoms with Crippen LogP contribution >= 0.6 is 0 Å². The van der Waals surface area contributed by atoms with E-state index in [4.69, 9.17) is 14.7 Å². The van der Waals surface area contributed by atoms with E-state index in [9.17, 15) is 4.79 Å². The Balaban J connectivity index is 1.87. The van der Waals surface area contributed by atoms with Gasteiger partial charge in [-0.15, -0.1) is 0 Å². The first-order chi connectivity index (χ1) is 12.1. The molecule has 2 aromatic carbocycles. The first-order valence-corrected chi connectivity index (χ1v) is 8.15. The van der Waals surface area contributed by atoms with Gasteiger partial charge < -0.3 is 14.8 Å². The van der Waals surface area contributed by atoms with Gasteiger partial charge in [0.15, 0.2) is 0 Å². The van der Waals surface area contributed by atoms with Gasteiger partial charge in [0.05, 0.1) is 6.07 Å². The van der Waals surface area contributed by atoms with Crippen molar-refractivity contribution in [3.8, 4) is 17.6 Å². The highest BCUT2D eigenvalue weighted by Gasteiger charge is 2.07. The number of carbonyl (C=O) groups excluding carboxylic acids is 1. The molecular formula is C20H22N2O3. The number of para-hydroxylation sites is 2. The number of nitrogens with zero attached hydrogens (tertiary/aromatic N) is 1. The van der Waals surface area contributed by atoms with Gasteiger partial charge >= 0.3 is 0 Å². The summed E-state index contributed by atoms with van der Waals surface area (Å²) in [5, 5.41) is 11.2. The topological polar surface area (TPSA) is 71.3 Å². The minimum absolute atomic E-state index is 0.146. The van der Waals surface area contributed by atoms with Crippen molar-refractivity contribution in [3.63, 3.8) is 0 Å². The van der Waals surface area contributed by atoms with Crippen LogP contribution in [0.25, 0.3) is 0 Å². The van der Waals surface area contributed by atoms with E-state index in [1.807, 2.05) is 62.4 Å². The maximum absolute atomic E-state index is 11.4. The summed E-state index contributed by atoms with van der Waals surface area (Å²) in [6.45, 7) is 5.19. The predicted octanol–water partition coefficient (Wildman–Crippen LogP) is 3.29. The van der Waals surface area contributed by atoms with Gasteiger partial charge in [-0.3, -0.25) is 4.79 Å². The zero-order chi connectivity index (χ0) is 18.1. The summed E-state index contributed by atoms with van der Waals surface area (Å²) in [5.74, 6) is 1.30. The van der Waals surface area contributed by atoms with Crippen LogP contribution in [0, 0.1) is 25.2 Å². The fourth-order valence-electron chi connectivity index (χ4n) is 2.44. The summed E-state index contributed by atoms with van der Waals surface area (Å²) < 4.78 is 11.6. The van der Waals surface area contributed by atoms with Gasteiger partial charge in [0.1, 0.15) is 31.1 Å². The molecule has 0 spiro atoms. The quantitative estimate of drug-likeness (QED) is 0.750. The van der Waals surface area contributed by atoms with Gasteiger partial charge in [-0.1, -0.05) is 36.4 Å². The lowest BCUT2D eigenvalue weighted by Crippen LogP contribution is -2.22. The number of hydrogen-bond acceptors (Lipinski definition) is 4. The first-order valence-electron chi connectivity index (χ1n) is 8.15. The smallest absolute Gasteiger partial charge is 0.234 e. The zero-order valence-corrected chi connectivity index (χ0v) is 14.5. The number of carbonyl (C=O) groups is 1. The summed E-state index contributed by atoms with van der Waals surface area (Å²) in [6, 6.07) is 15.4. The Hall–Kier alpha value is -3.00. The standard InChI is InChI=1S/C20H22N2O3/c1-15-6-5-7-16(2)20(15)25-13-12-24-18-9-4-3-8-17(18)14-22-19(23)10-11-21/h3-9H,10,12-14H2,1-2H3,(H,22,23). The number of aryl methyl sites for hydroxylation is 2. The molecule has 130 valence electrons. The fourth-order valence-corrected chi connectivity index (χ4v) is 2.44. The molecule has 25 heavy (non-hydrogen) atoms. The molecule has 0 aliphatic rings. The second-order valence-electron chi connectivity index (χ2n) is 5.64. The van der Waals surface area contributed by atoms with Crippen molar-refractivity contribution in [2.45, 2.75) is 26.8 Å². The molecule has 0 unspecified atom stereocenters. The Bertz CT molecular complexity index is 746. The highest BCUT2D eigenvalue weighted by atomic mass is 16.5. The van der Waals surface area contributed by atoms with Crippen molar-refractivity contribution in [3.05, 3.63) is 59.2 Å².